The molecule has 1 aromatic carbocycles. The van der Waals surface area contributed by atoms with Gasteiger partial charge in [-0.25, -0.2) is 15.0 Å². The molecule has 2 aromatic rings. The number of methoxy groups -OCH3 is 1. The smallest absolute Gasteiger partial charge is 0.198 e. The molecule has 1 fully saturated rings. The predicted molar refractivity (Wildman–Crippen MR) is 99.6 cm³/mol. The van der Waals surface area contributed by atoms with E-state index in [0.29, 0.717) is 36.0 Å². The molecule has 4 rings (SSSR count). The van der Waals surface area contributed by atoms with E-state index < -0.39 is 5.66 Å². The van der Waals surface area contributed by atoms with Gasteiger partial charge in [0.25, 0.3) is 0 Å². The maximum atomic E-state index is 6.65. The zero-order valence-corrected chi connectivity index (χ0v) is 14.5. The molecule has 9 heteroatoms. The predicted octanol–water partition coefficient (Wildman–Crippen LogP) is 0.518. The summed E-state index contributed by atoms with van der Waals surface area (Å²) in [4.78, 5) is 15.7. The van der Waals surface area contributed by atoms with Gasteiger partial charge in [0, 0.05) is 30.9 Å². The fraction of sp³-hybridized carbons (Fsp3) is 0.353. The van der Waals surface area contributed by atoms with Crippen molar-refractivity contribution in [2.75, 3.05) is 49.4 Å². The van der Waals surface area contributed by atoms with Crippen LogP contribution in [0.3, 0.4) is 0 Å². The van der Waals surface area contributed by atoms with E-state index in [0.717, 1.165) is 24.6 Å². The Morgan fingerprint density at radius 2 is 2.12 bits per heavy atom. The molecule has 2 aliphatic heterocycles. The number of aliphatic imine (C=N–C) groups is 1. The summed E-state index contributed by atoms with van der Waals surface area (Å²) in [6.45, 7) is 2.90. The lowest BCUT2D eigenvalue weighted by molar-refractivity contribution is 0.122. The maximum Gasteiger partial charge on any atom is 0.198 e. The Bertz CT molecular complexity index is 851. The van der Waals surface area contributed by atoms with Gasteiger partial charge in [0.1, 0.15) is 11.6 Å². The number of nitrogens with two attached hydrogens (primary N) is 2. The summed E-state index contributed by atoms with van der Waals surface area (Å²) in [7, 11) is 1.57. The van der Waals surface area contributed by atoms with Crippen molar-refractivity contribution in [3.63, 3.8) is 0 Å². The number of morpholine rings is 1. The number of rotatable bonds is 3. The summed E-state index contributed by atoms with van der Waals surface area (Å²) in [6, 6.07) is 5.41. The fourth-order valence-corrected chi connectivity index (χ4v) is 3.16. The number of hydrogen-bond acceptors (Lipinski definition) is 9. The van der Waals surface area contributed by atoms with Crippen LogP contribution < -0.4 is 26.4 Å². The van der Waals surface area contributed by atoms with E-state index in [-0.39, 0.29) is 0 Å². The zero-order valence-electron chi connectivity index (χ0n) is 14.5. The Morgan fingerprint density at radius 1 is 1.31 bits per heavy atom. The average molecular weight is 355 g/mol. The molecule has 2 aliphatic rings. The van der Waals surface area contributed by atoms with Gasteiger partial charge in [0.2, 0.25) is 0 Å². The van der Waals surface area contributed by atoms with E-state index in [1.165, 1.54) is 0 Å². The molecule has 136 valence electrons. The van der Waals surface area contributed by atoms with Crippen molar-refractivity contribution in [1.82, 2.24) is 9.97 Å². The number of nitrogens with zero attached hydrogens (tertiary/aromatic N) is 4. The van der Waals surface area contributed by atoms with Gasteiger partial charge < -0.3 is 25.4 Å². The lowest BCUT2D eigenvalue weighted by Crippen LogP contribution is -2.42. The van der Waals surface area contributed by atoms with Crippen LogP contribution in [0.4, 0.5) is 17.2 Å². The molecule has 0 spiro atoms. The molecule has 1 saturated heterocycles. The van der Waals surface area contributed by atoms with E-state index in [4.69, 9.17) is 20.9 Å². The Hall–Kier alpha value is -2.91. The minimum Gasteiger partial charge on any atom is -0.495 e. The molecule has 0 saturated carbocycles. The van der Waals surface area contributed by atoms with E-state index in [1.54, 1.807) is 31.8 Å². The highest BCUT2D eigenvalue weighted by atomic mass is 16.5. The topological polar surface area (TPSA) is 124 Å². The second-order valence-electron chi connectivity index (χ2n) is 6.15. The average Bonchev–Trinajstić information content (AvgIpc) is 2.69. The molecule has 0 bridgehead atoms. The van der Waals surface area contributed by atoms with Crippen LogP contribution >= 0.6 is 0 Å². The van der Waals surface area contributed by atoms with Crippen LogP contribution in [-0.4, -0.2) is 49.7 Å². The number of anilines is 3. The van der Waals surface area contributed by atoms with Crippen LogP contribution in [0.1, 0.15) is 11.4 Å². The summed E-state index contributed by atoms with van der Waals surface area (Å²) >= 11 is 0. The van der Waals surface area contributed by atoms with Gasteiger partial charge in [-0.15, -0.1) is 0 Å². The zero-order chi connectivity index (χ0) is 18.1. The van der Waals surface area contributed by atoms with Crippen LogP contribution in [0.25, 0.3) is 0 Å². The fourth-order valence-electron chi connectivity index (χ4n) is 3.16. The molecule has 3 heterocycles. The Labute approximate surface area is 151 Å². The van der Waals surface area contributed by atoms with Crippen molar-refractivity contribution >= 4 is 23.5 Å². The highest BCUT2D eigenvalue weighted by Gasteiger charge is 2.37. The van der Waals surface area contributed by atoms with E-state index in [1.807, 2.05) is 6.07 Å². The van der Waals surface area contributed by atoms with E-state index in [9.17, 15) is 0 Å². The van der Waals surface area contributed by atoms with E-state index >= 15 is 0 Å². The number of aromatic nitrogens is 2. The first kappa shape index (κ1) is 16.6. The number of fused-ring (bicyclic) bond motifs is 1. The summed E-state index contributed by atoms with van der Waals surface area (Å²) in [5.41, 5.74) is 13.4. The Balaban J connectivity index is 1.77. The van der Waals surface area contributed by atoms with Gasteiger partial charge in [-0.1, -0.05) is 0 Å². The first-order valence-corrected chi connectivity index (χ1v) is 8.35. The maximum absolute atomic E-state index is 6.65. The highest BCUT2D eigenvalue weighted by Crippen LogP contribution is 2.39. The minimum absolute atomic E-state index is 0.407. The molecule has 1 unspecified atom stereocenters. The summed E-state index contributed by atoms with van der Waals surface area (Å²) < 4.78 is 10.7. The van der Waals surface area contributed by atoms with E-state index in [2.05, 4.69) is 25.2 Å². The lowest BCUT2D eigenvalue weighted by Gasteiger charge is -2.32. The second-order valence-corrected chi connectivity index (χ2v) is 6.15. The molecule has 5 N–H and O–H groups in total. The van der Waals surface area contributed by atoms with Gasteiger partial charge in [0.15, 0.2) is 11.5 Å². The van der Waals surface area contributed by atoms with Gasteiger partial charge >= 0.3 is 0 Å². The van der Waals surface area contributed by atoms with Crippen molar-refractivity contribution in [2.45, 2.75) is 5.66 Å². The highest BCUT2D eigenvalue weighted by molar-refractivity contribution is 5.84. The van der Waals surface area contributed by atoms with Gasteiger partial charge in [0.05, 0.1) is 38.0 Å². The normalized spacial score (nSPS) is 21.8. The third-order valence-electron chi connectivity index (χ3n) is 4.59. The Kier molecular flexibility index (Phi) is 4.09. The molecular formula is C17H21N7O2. The van der Waals surface area contributed by atoms with Crippen molar-refractivity contribution < 1.29 is 9.47 Å². The van der Waals surface area contributed by atoms with Crippen LogP contribution in [-0.2, 0) is 10.4 Å². The van der Waals surface area contributed by atoms with Crippen molar-refractivity contribution in [3.05, 3.63) is 35.8 Å². The quantitative estimate of drug-likeness (QED) is 0.681. The van der Waals surface area contributed by atoms with Gasteiger partial charge in [-0.2, -0.15) is 0 Å². The molecule has 9 nitrogen and oxygen atoms in total. The molecule has 1 aromatic heterocycles. The van der Waals surface area contributed by atoms with Crippen LogP contribution in [0.15, 0.2) is 29.4 Å². The van der Waals surface area contributed by atoms with Crippen molar-refractivity contribution in [3.8, 4) is 5.75 Å². The summed E-state index contributed by atoms with van der Waals surface area (Å²) in [5, 5.41) is 3.08. The molecule has 0 aliphatic carbocycles. The number of benzene rings is 1. The monoisotopic (exact) mass is 355 g/mol. The van der Waals surface area contributed by atoms with Crippen molar-refractivity contribution in [2.24, 2.45) is 10.7 Å². The number of nitrogens with one attached hydrogen (secondary N) is 1. The number of nitrogen functional groups attached to an aromatic ring is 1. The molecule has 26 heavy (non-hydrogen) atoms. The summed E-state index contributed by atoms with van der Waals surface area (Å²) in [6.07, 6.45) is 3.24. The molecular weight excluding hydrogens is 334 g/mol. The first-order chi connectivity index (χ1) is 12.6. The molecule has 0 radical (unpaired) electrons. The first-order valence-electron chi connectivity index (χ1n) is 8.35. The number of hydrogen-bond donors (Lipinski definition) is 3. The van der Waals surface area contributed by atoms with Crippen LogP contribution in [0.5, 0.6) is 5.75 Å². The second kappa shape index (κ2) is 6.43. The van der Waals surface area contributed by atoms with Crippen LogP contribution in [0, 0.1) is 0 Å². The largest absolute Gasteiger partial charge is 0.495 e. The van der Waals surface area contributed by atoms with Crippen LogP contribution in [0.2, 0.25) is 0 Å². The SMILES string of the molecule is COc1cc2c(cc1N)C(N)(c1nccc(N3CCOCC3)n1)N=CN2. The minimum atomic E-state index is -1.23. The Morgan fingerprint density at radius 3 is 2.88 bits per heavy atom. The summed E-state index contributed by atoms with van der Waals surface area (Å²) in [5.74, 6) is 1.78. The molecule has 1 atom stereocenters. The third-order valence-corrected chi connectivity index (χ3v) is 4.59. The van der Waals surface area contributed by atoms with Gasteiger partial charge in [-0.05, 0) is 12.1 Å². The molecule has 0 amide bonds. The van der Waals surface area contributed by atoms with Crippen molar-refractivity contribution in [1.29, 1.82) is 0 Å². The standard InChI is InChI=1S/C17H21N7O2/c1-25-14-9-13-11(8-12(14)18)17(19,22-10-21-13)16-20-3-2-15(23-16)24-4-6-26-7-5-24/h2-3,8-10H,4-7,18-19H2,1H3,(H,21,22). The third kappa shape index (κ3) is 2.71. The lowest BCUT2D eigenvalue weighted by atomic mass is 9.95. The van der Waals surface area contributed by atoms with Gasteiger partial charge in [-0.3, -0.25) is 5.73 Å². The number of ether oxygens (including phenoxy) is 2.